The summed E-state index contributed by atoms with van der Waals surface area (Å²) in [5.74, 6) is -0.247. The third kappa shape index (κ3) is 4.34. The molecule has 0 aliphatic carbocycles. The summed E-state index contributed by atoms with van der Waals surface area (Å²) in [4.78, 5) is 14.3. The number of rotatable bonds is 5. The average Bonchev–Trinajstić information content (AvgIpc) is 3.03. The van der Waals surface area contributed by atoms with Crippen LogP contribution in [0, 0.1) is 0 Å². The lowest BCUT2D eigenvalue weighted by Gasteiger charge is -2.19. The molecule has 0 amide bonds. The fraction of sp³-hybridized carbons (Fsp3) is 0.316. The minimum absolute atomic E-state index is 0.0419. The molecule has 0 N–H and O–H groups in total. The molecule has 2 atom stereocenters. The van der Waals surface area contributed by atoms with Crippen LogP contribution in [0.4, 0.5) is 0 Å². The molecule has 4 heteroatoms. The van der Waals surface area contributed by atoms with Crippen molar-refractivity contribution < 1.29 is 9.53 Å². The molecule has 120 valence electrons. The monoisotopic (exact) mass is 329 g/mol. The lowest BCUT2D eigenvalue weighted by molar-refractivity contribution is 0.0322. The molecule has 2 aromatic carbocycles. The second kappa shape index (κ2) is 7.62. The number of benzene rings is 2. The van der Waals surface area contributed by atoms with Crippen LogP contribution in [-0.4, -0.2) is 36.6 Å². The molecule has 1 heterocycles. The quantitative estimate of drug-likeness (QED) is 0.615. The van der Waals surface area contributed by atoms with Gasteiger partial charge in [0.25, 0.3) is 0 Å². The summed E-state index contributed by atoms with van der Waals surface area (Å²) < 4.78 is 5.59. The van der Waals surface area contributed by atoms with Crippen LogP contribution >= 0.6 is 11.6 Å². The van der Waals surface area contributed by atoms with Crippen LogP contribution in [0.5, 0.6) is 0 Å². The highest BCUT2D eigenvalue weighted by atomic mass is 35.5. The Bertz CT molecular complexity index is 632. The number of nitrogens with zero attached hydrogens (tertiary/aromatic N) is 1. The van der Waals surface area contributed by atoms with E-state index in [-0.39, 0.29) is 17.5 Å². The van der Waals surface area contributed by atoms with E-state index < -0.39 is 0 Å². The summed E-state index contributed by atoms with van der Waals surface area (Å²) in [5, 5.41) is -0.0419. The molecule has 23 heavy (non-hydrogen) atoms. The normalized spacial score (nSPS) is 19.4. The van der Waals surface area contributed by atoms with Gasteiger partial charge in [0, 0.05) is 19.6 Å². The molecule has 3 nitrogen and oxygen atoms in total. The Morgan fingerprint density at radius 1 is 1.13 bits per heavy atom. The number of carbonyl (C=O) groups excluding carboxylic acids is 1. The van der Waals surface area contributed by atoms with Crippen LogP contribution in [0.2, 0.25) is 0 Å². The van der Waals surface area contributed by atoms with Crippen molar-refractivity contribution in [2.45, 2.75) is 17.9 Å². The predicted molar refractivity (Wildman–Crippen MR) is 91.7 cm³/mol. The van der Waals surface area contributed by atoms with Gasteiger partial charge in [-0.1, -0.05) is 48.5 Å². The largest absolute Gasteiger partial charge is 0.457 e. The van der Waals surface area contributed by atoms with Crippen LogP contribution in [-0.2, 0) is 4.74 Å². The topological polar surface area (TPSA) is 29.5 Å². The SMILES string of the molecule is O=C(OC1CCN(CC(Cl)c2ccccc2)C1)c1ccccc1. The summed E-state index contributed by atoms with van der Waals surface area (Å²) in [5.41, 5.74) is 1.73. The Morgan fingerprint density at radius 3 is 2.48 bits per heavy atom. The predicted octanol–water partition coefficient (Wildman–Crippen LogP) is 3.90. The molecule has 2 unspecified atom stereocenters. The second-order valence-corrected chi connectivity index (χ2v) is 6.35. The van der Waals surface area contributed by atoms with E-state index in [1.165, 1.54) is 0 Å². The number of alkyl halides is 1. The van der Waals surface area contributed by atoms with Crippen molar-refractivity contribution in [3.63, 3.8) is 0 Å². The molecule has 1 fully saturated rings. The van der Waals surface area contributed by atoms with Gasteiger partial charge in [-0.2, -0.15) is 0 Å². The van der Waals surface area contributed by atoms with Crippen molar-refractivity contribution in [3.8, 4) is 0 Å². The van der Waals surface area contributed by atoms with Gasteiger partial charge in [0.05, 0.1) is 10.9 Å². The van der Waals surface area contributed by atoms with Gasteiger partial charge in [-0.3, -0.25) is 4.90 Å². The fourth-order valence-electron chi connectivity index (χ4n) is 2.85. The molecule has 0 radical (unpaired) electrons. The van der Waals surface area contributed by atoms with Crippen molar-refractivity contribution in [1.82, 2.24) is 4.90 Å². The average molecular weight is 330 g/mol. The highest BCUT2D eigenvalue weighted by Gasteiger charge is 2.27. The molecule has 0 saturated carbocycles. The number of halogens is 1. The number of ether oxygens (including phenoxy) is 1. The summed E-state index contributed by atoms with van der Waals surface area (Å²) in [6.07, 6.45) is 0.805. The molecule has 0 bridgehead atoms. The van der Waals surface area contributed by atoms with Gasteiger partial charge in [-0.05, 0) is 24.1 Å². The Morgan fingerprint density at radius 2 is 1.78 bits per heavy atom. The van der Waals surface area contributed by atoms with Gasteiger partial charge in [0.1, 0.15) is 6.10 Å². The van der Waals surface area contributed by atoms with Crippen molar-refractivity contribution in [3.05, 3.63) is 71.8 Å². The minimum atomic E-state index is -0.247. The zero-order chi connectivity index (χ0) is 16.1. The first-order chi connectivity index (χ1) is 11.2. The third-order valence-corrected chi connectivity index (χ3v) is 4.48. The first kappa shape index (κ1) is 16.0. The van der Waals surface area contributed by atoms with E-state index in [1.807, 2.05) is 48.5 Å². The molecule has 1 aliphatic rings. The first-order valence-electron chi connectivity index (χ1n) is 7.90. The second-order valence-electron chi connectivity index (χ2n) is 5.82. The van der Waals surface area contributed by atoms with Gasteiger partial charge in [-0.25, -0.2) is 4.79 Å². The van der Waals surface area contributed by atoms with Crippen LogP contribution in [0.3, 0.4) is 0 Å². The molecule has 1 aliphatic heterocycles. The molecule has 3 rings (SSSR count). The van der Waals surface area contributed by atoms with Crippen molar-refractivity contribution in [2.75, 3.05) is 19.6 Å². The lowest BCUT2D eigenvalue weighted by atomic mass is 10.1. The van der Waals surface area contributed by atoms with Crippen LogP contribution < -0.4 is 0 Å². The smallest absolute Gasteiger partial charge is 0.338 e. The standard InChI is InChI=1S/C19H20ClNO2/c20-18(15-7-3-1-4-8-15)14-21-12-11-17(13-21)23-19(22)16-9-5-2-6-10-16/h1-10,17-18H,11-14H2. The maximum Gasteiger partial charge on any atom is 0.338 e. The Kier molecular flexibility index (Phi) is 5.31. The summed E-state index contributed by atoms with van der Waals surface area (Å²) in [6.45, 7) is 2.42. The Hall–Kier alpha value is -1.84. The van der Waals surface area contributed by atoms with E-state index >= 15 is 0 Å². The fourth-order valence-corrected chi connectivity index (χ4v) is 3.19. The molecular formula is C19H20ClNO2. The van der Waals surface area contributed by atoms with E-state index in [4.69, 9.17) is 16.3 Å². The molecule has 2 aromatic rings. The Balaban J connectivity index is 1.50. The van der Waals surface area contributed by atoms with Crippen LogP contribution in [0.15, 0.2) is 60.7 Å². The minimum Gasteiger partial charge on any atom is -0.457 e. The van der Waals surface area contributed by atoms with E-state index in [2.05, 4.69) is 4.90 Å². The van der Waals surface area contributed by atoms with Gasteiger partial charge >= 0.3 is 5.97 Å². The Labute approximate surface area is 141 Å². The van der Waals surface area contributed by atoms with E-state index in [0.717, 1.165) is 31.6 Å². The molecule has 0 spiro atoms. The zero-order valence-electron chi connectivity index (χ0n) is 12.9. The van der Waals surface area contributed by atoms with Gasteiger partial charge < -0.3 is 4.74 Å². The molecular weight excluding hydrogens is 310 g/mol. The van der Waals surface area contributed by atoms with Gasteiger partial charge in [0.15, 0.2) is 0 Å². The number of hydrogen-bond donors (Lipinski definition) is 0. The molecule has 1 saturated heterocycles. The van der Waals surface area contributed by atoms with E-state index in [9.17, 15) is 4.79 Å². The summed E-state index contributed by atoms with van der Waals surface area (Å²) in [6, 6.07) is 19.2. The van der Waals surface area contributed by atoms with Crippen LogP contribution in [0.1, 0.15) is 27.7 Å². The highest BCUT2D eigenvalue weighted by Crippen LogP contribution is 2.24. The van der Waals surface area contributed by atoms with Crippen molar-refractivity contribution in [1.29, 1.82) is 0 Å². The number of esters is 1. The van der Waals surface area contributed by atoms with Crippen LogP contribution in [0.25, 0.3) is 0 Å². The molecule has 0 aromatic heterocycles. The van der Waals surface area contributed by atoms with Gasteiger partial charge in [-0.15, -0.1) is 11.6 Å². The zero-order valence-corrected chi connectivity index (χ0v) is 13.7. The maximum atomic E-state index is 12.1. The van der Waals surface area contributed by atoms with E-state index in [0.29, 0.717) is 5.56 Å². The van der Waals surface area contributed by atoms with E-state index in [1.54, 1.807) is 12.1 Å². The number of hydrogen-bond acceptors (Lipinski definition) is 3. The summed E-state index contributed by atoms with van der Waals surface area (Å²) in [7, 11) is 0. The maximum absolute atomic E-state index is 12.1. The van der Waals surface area contributed by atoms with Crippen molar-refractivity contribution in [2.24, 2.45) is 0 Å². The summed E-state index contributed by atoms with van der Waals surface area (Å²) >= 11 is 6.49. The lowest BCUT2D eigenvalue weighted by Crippen LogP contribution is -2.27. The third-order valence-electron chi connectivity index (χ3n) is 4.09. The number of likely N-dealkylation sites (tertiary alicyclic amines) is 1. The highest BCUT2D eigenvalue weighted by molar-refractivity contribution is 6.21. The number of carbonyl (C=O) groups is 1. The first-order valence-corrected chi connectivity index (χ1v) is 8.33. The van der Waals surface area contributed by atoms with Gasteiger partial charge in [0.2, 0.25) is 0 Å². The van der Waals surface area contributed by atoms with Crippen molar-refractivity contribution >= 4 is 17.6 Å².